The topological polar surface area (TPSA) is 85.9 Å². The lowest BCUT2D eigenvalue weighted by Gasteiger charge is -2.06. The van der Waals surface area contributed by atoms with Gasteiger partial charge in [-0.2, -0.15) is 10.5 Å². The first-order valence-electron chi connectivity index (χ1n) is 7.01. The minimum Gasteiger partial charge on any atom is -0.478 e. The molecule has 2 aromatic rings. The summed E-state index contributed by atoms with van der Waals surface area (Å²) in [5, 5.41) is 20.5. The van der Waals surface area contributed by atoms with Crippen molar-refractivity contribution in [2.24, 2.45) is 0 Å². The Morgan fingerprint density at radius 1 is 1.24 bits per heavy atom. The van der Waals surface area contributed by atoms with E-state index in [2.05, 4.69) is 43.8 Å². The molecule has 0 atom stereocenters. The lowest BCUT2D eigenvalue weighted by Crippen LogP contribution is -2.13. The highest BCUT2D eigenvalue weighted by Gasteiger charge is 2.10. The average molecular weight is 508 g/mol. The number of ether oxygens (including phenoxy) is 1. The van der Waals surface area contributed by atoms with E-state index in [9.17, 15) is 10.1 Å². The normalized spacial score (nSPS) is 10.5. The summed E-state index contributed by atoms with van der Waals surface area (Å²) in [5.74, 6) is 0.0989. The van der Waals surface area contributed by atoms with Gasteiger partial charge in [0.05, 0.1) is 3.57 Å². The van der Waals surface area contributed by atoms with Crippen LogP contribution in [0.15, 0.2) is 52.5 Å². The summed E-state index contributed by atoms with van der Waals surface area (Å²) >= 11 is 5.39. The number of hydrogen-bond donors (Lipinski definition) is 1. The molecule has 0 bridgehead atoms. The van der Waals surface area contributed by atoms with Crippen LogP contribution in [0.1, 0.15) is 5.56 Å². The van der Waals surface area contributed by atoms with Crippen LogP contribution in [0.4, 0.5) is 5.69 Å². The molecular weight excluding hydrogens is 497 g/mol. The number of rotatable bonds is 5. The summed E-state index contributed by atoms with van der Waals surface area (Å²) in [5.41, 5.74) is 1.28. The predicted molar refractivity (Wildman–Crippen MR) is 107 cm³/mol. The molecule has 0 aliphatic heterocycles. The van der Waals surface area contributed by atoms with Crippen LogP contribution in [0.5, 0.6) is 5.75 Å². The second-order valence-corrected chi connectivity index (χ2v) is 6.85. The number of nitrogens with zero attached hydrogens (tertiary/aromatic N) is 2. The summed E-state index contributed by atoms with van der Waals surface area (Å²) in [6.45, 7) is -0.0375. The minimum absolute atomic E-state index is 0.00980. The molecule has 0 fully saturated rings. The number of carbonyl (C=O) groups is 1. The Hall–Kier alpha value is -2.36. The predicted octanol–water partition coefficient (Wildman–Crippen LogP) is 4.50. The molecule has 0 saturated heterocycles. The molecule has 5 nitrogen and oxygen atoms in total. The second-order valence-electron chi connectivity index (χ2n) is 4.77. The number of nitrogens with one attached hydrogen (secondary N) is 1. The Bertz CT molecular complexity index is 896. The molecule has 0 heterocycles. The van der Waals surface area contributed by atoms with Crippen molar-refractivity contribution in [3.8, 4) is 17.9 Å². The van der Waals surface area contributed by atoms with Crippen LogP contribution >= 0.6 is 38.5 Å². The molecule has 0 spiro atoms. The van der Waals surface area contributed by atoms with Gasteiger partial charge in [0.1, 0.15) is 23.5 Å². The molecular formula is C18H11BrIN3O2. The van der Waals surface area contributed by atoms with Gasteiger partial charge in [-0.15, -0.1) is 0 Å². The van der Waals surface area contributed by atoms with Gasteiger partial charge in [0.2, 0.25) is 0 Å². The van der Waals surface area contributed by atoms with Gasteiger partial charge in [-0.25, -0.2) is 0 Å². The first-order valence-corrected chi connectivity index (χ1v) is 8.88. The first-order chi connectivity index (χ1) is 12.0. The summed E-state index contributed by atoms with van der Waals surface area (Å²) in [7, 11) is 0. The summed E-state index contributed by atoms with van der Waals surface area (Å²) in [6, 6.07) is 16.1. The van der Waals surface area contributed by atoms with Crippen molar-refractivity contribution in [3.05, 3.63) is 61.6 Å². The van der Waals surface area contributed by atoms with Gasteiger partial charge in [0, 0.05) is 10.2 Å². The Morgan fingerprint density at radius 2 is 1.96 bits per heavy atom. The number of nitriles is 2. The van der Waals surface area contributed by atoms with Crippen molar-refractivity contribution in [1.29, 1.82) is 10.5 Å². The molecule has 0 saturated carbocycles. The zero-order chi connectivity index (χ0) is 18.2. The van der Waals surface area contributed by atoms with Crippen molar-refractivity contribution >= 4 is 56.2 Å². The van der Waals surface area contributed by atoms with Crippen molar-refractivity contribution in [2.75, 3.05) is 11.9 Å². The standard InChI is InChI=1S/C18H11BrIN3O2/c19-14-2-4-15(5-3-14)23-18(24)13(11-22)9-12-1-6-17(16(20)10-12)25-8-7-21/h1-6,9-10H,8H2,(H,23,24)/b13-9-. The smallest absolute Gasteiger partial charge is 0.266 e. The van der Waals surface area contributed by atoms with Crippen molar-refractivity contribution in [2.45, 2.75) is 0 Å². The van der Waals surface area contributed by atoms with Gasteiger partial charge in [-0.3, -0.25) is 4.79 Å². The van der Waals surface area contributed by atoms with Gasteiger partial charge in [-0.05, 0) is 70.6 Å². The van der Waals surface area contributed by atoms with Crippen LogP contribution in [-0.2, 0) is 4.79 Å². The van der Waals surface area contributed by atoms with Crippen LogP contribution in [0, 0.1) is 26.2 Å². The summed E-state index contributed by atoms with van der Waals surface area (Å²) < 4.78 is 6.95. The molecule has 1 amide bonds. The quantitative estimate of drug-likeness (QED) is 0.366. The molecule has 124 valence electrons. The van der Waals surface area contributed by atoms with E-state index < -0.39 is 5.91 Å². The molecule has 0 aliphatic carbocycles. The monoisotopic (exact) mass is 507 g/mol. The zero-order valence-corrected chi connectivity index (χ0v) is 16.5. The second kappa shape index (κ2) is 9.21. The van der Waals surface area contributed by atoms with Gasteiger partial charge in [0.25, 0.3) is 5.91 Å². The maximum atomic E-state index is 12.2. The molecule has 2 aromatic carbocycles. The fraction of sp³-hybridized carbons (Fsp3) is 0.0556. The number of benzene rings is 2. The Labute approximate surface area is 167 Å². The molecule has 0 unspecified atom stereocenters. The Balaban J connectivity index is 2.17. The Kier molecular flexibility index (Phi) is 6.99. The maximum absolute atomic E-state index is 12.2. The fourth-order valence-corrected chi connectivity index (χ4v) is 2.84. The highest BCUT2D eigenvalue weighted by molar-refractivity contribution is 14.1. The number of halogens is 2. The van der Waals surface area contributed by atoms with Crippen LogP contribution in [0.3, 0.4) is 0 Å². The van der Waals surface area contributed by atoms with E-state index in [1.165, 1.54) is 6.08 Å². The zero-order valence-electron chi connectivity index (χ0n) is 12.8. The van der Waals surface area contributed by atoms with Gasteiger partial charge in [-0.1, -0.05) is 22.0 Å². The van der Waals surface area contributed by atoms with E-state index in [4.69, 9.17) is 10.00 Å². The maximum Gasteiger partial charge on any atom is 0.266 e. The lowest BCUT2D eigenvalue weighted by molar-refractivity contribution is -0.112. The highest BCUT2D eigenvalue weighted by Crippen LogP contribution is 2.23. The third-order valence-electron chi connectivity index (χ3n) is 3.03. The van der Waals surface area contributed by atoms with Crippen LogP contribution < -0.4 is 10.1 Å². The minimum atomic E-state index is -0.482. The molecule has 0 radical (unpaired) electrons. The van der Waals surface area contributed by atoms with Gasteiger partial charge < -0.3 is 10.1 Å². The fourth-order valence-electron chi connectivity index (χ4n) is 1.88. The van der Waals surface area contributed by atoms with E-state index in [0.29, 0.717) is 17.0 Å². The largest absolute Gasteiger partial charge is 0.478 e. The van der Waals surface area contributed by atoms with Crippen molar-refractivity contribution in [3.63, 3.8) is 0 Å². The number of anilines is 1. The van der Waals surface area contributed by atoms with Gasteiger partial charge >= 0.3 is 0 Å². The van der Waals surface area contributed by atoms with Crippen LogP contribution in [0.25, 0.3) is 6.08 Å². The molecule has 25 heavy (non-hydrogen) atoms. The summed E-state index contributed by atoms with van der Waals surface area (Å²) in [6.07, 6.45) is 1.50. The SMILES string of the molecule is N#CCOc1ccc(/C=C(/C#N)C(=O)Nc2ccc(Br)cc2)cc1I. The van der Waals surface area contributed by atoms with Crippen LogP contribution in [0.2, 0.25) is 0 Å². The molecule has 1 N–H and O–H groups in total. The summed E-state index contributed by atoms with van der Waals surface area (Å²) in [4.78, 5) is 12.2. The lowest BCUT2D eigenvalue weighted by atomic mass is 10.1. The molecule has 2 rings (SSSR count). The van der Waals surface area contributed by atoms with Gasteiger partial charge in [0.15, 0.2) is 6.61 Å². The third kappa shape index (κ3) is 5.59. The number of carbonyl (C=O) groups excluding carboxylic acids is 1. The third-order valence-corrected chi connectivity index (χ3v) is 4.40. The van der Waals surface area contributed by atoms with Crippen molar-refractivity contribution < 1.29 is 9.53 Å². The average Bonchev–Trinajstić information content (AvgIpc) is 2.60. The number of hydrogen-bond acceptors (Lipinski definition) is 4. The van der Waals surface area contributed by atoms with Crippen LogP contribution in [-0.4, -0.2) is 12.5 Å². The molecule has 0 aliphatic rings. The van der Waals surface area contributed by atoms with Crippen molar-refractivity contribution in [1.82, 2.24) is 0 Å². The van der Waals surface area contributed by atoms with E-state index in [1.807, 2.05) is 12.1 Å². The first kappa shape index (κ1) is 19.0. The molecule has 7 heteroatoms. The number of amides is 1. The van der Waals surface area contributed by atoms with E-state index >= 15 is 0 Å². The highest BCUT2D eigenvalue weighted by atomic mass is 127. The Morgan fingerprint density at radius 3 is 2.56 bits per heavy atom. The van der Waals surface area contributed by atoms with E-state index in [-0.39, 0.29) is 12.2 Å². The molecule has 0 aromatic heterocycles. The van der Waals surface area contributed by atoms with E-state index in [1.54, 1.807) is 42.5 Å². The van der Waals surface area contributed by atoms with E-state index in [0.717, 1.165) is 8.04 Å².